The van der Waals surface area contributed by atoms with Gasteiger partial charge in [0.2, 0.25) is 0 Å². The number of hydrogen-bond acceptors (Lipinski definition) is 2. The quantitative estimate of drug-likeness (QED) is 0.668. The Morgan fingerprint density at radius 2 is 2.14 bits per heavy atom. The molecule has 0 spiro atoms. The average Bonchev–Trinajstić information content (AvgIpc) is 2.17. The number of nitrogens with zero attached hydrogens (tertiary/aromatic N) is 1. The Bertz CT molecular complexity index is 413. The van der Waals surface area contributed by atoms with Crippen molar-refractivity contribution in [3.8, 4) is 6.07 Å². The maximum Gasteiger partial charge on any atom is 0.160 e. The molecular formula is C12H13NO. The molecule has 0 N–H and O–H groups in total. The number of nitriles is 1. The first-order valence-corrected chi connectivity index (χ1v) is 4.65. The standard InChI is InChI=1S/C12H13NO/c1-4-11-8(2)10(7-13)5-6-12(11)9(3)14/h5-6H,4H2,1-3H3. The third-order valence-electron chi connectivity index (χ3n) is 2.45. The molecule has 14 heavy (non-hydrogen) atoms. The predicted octanol–water partition coefficient (Wildman–Crippen LogP) is 2.63. The molecule has 0 aliphatic heterocycles. The SMILES string of the molecule is CCc1c(C(C)=O)ccc(C#N)c1C. The van der Waals surface area contributed by atoms with Gasteiger partial charge in [-0.3, -0.25) is 4.79 Å². The van der Waals surface area contributed by atoms with Gasteiger partial charge in [0.05, 0.1) is 11.6 Å². The summed E-state index contributed by atoms with van der Waals surface area (Å²) in [7, 11) is 0. The number of benzene rings is 1. The summed E-state index contributed by atoms with van der Waals surface area (Å²) < 4.78 is 0. The lowest BCUT2D eigenvalue weighted by Gasteiger charge is -2.09. The largest absolute Gasteiger partial charge is 0.295 e. The van der Waals surface area contributed by atoms with Crippen LogP contribution in [0.15, 0.2) is 12.1 Å². The van der Waals surface area contributed by atoms with Crippen LogP contribution in [0.2, 0.25) is 0 Å². The molecule has 0 amide bonds. The average molecular weight is 187 g/mol. The summed E-state index contributed by atoms with van der Waals surface area (Å²) in [4.78, 5) is 11.3. The van der Waals surface area contributed by atoms with Crippen LogP contribution in [0.4, 0.5) is 0 Å². The summed E-state index contributed by atoms with van der Waals surface area (Å²) in [5, 5.41) is 8.83. The Morgan fingerprint density at radius 3 is 2.57 bits per heavy atom. The van der Waals surface area contributed by atoms with Crippen LogP contribution in [-0.4, -0.2) is 5.78 Å². The molecule has 0 heterocycles. The molecule has 0 aromatic heterocycles. The summed E-state index contributed by atoms with van der Waals surface area (Å²) in [6.45, 7) is 5.44. The monoisotopic (exact) mass is 187 g/mol. The van der Waals surface area contributed by atoms with E-state index in [4.69, 9.17) is 5.26 Å². The van der Waals surface area contributed by atoms with Gasteiger partial charge in [0, 0.05) is 5.56 Å². The Labute approximate surface area is 84.2 Å². The molecule has 0 bridgehead atoms. The molecule has 0 saturated carbocycles. The second-order valence-corrected chi connectivity index (χ2v) is 3.29. The van der Waals surface area contributed by atoms with Crippen molar-refractivity contribution in [2.24, 2.45) is 0 Å². The lowest BCUT2D eigenvalue weighted by Crippen LogP contribution is -2.02. The molecule has 72 valence electrons. The fourth-order valence-electron chi connectivity index (χ4n) is 1.66. The molecule has 1 rings (SSSR count). The molecule has 0 aliphatic rings. The maximum absolute atomic E-state index is 11.3. The molecule has 0 unspecified atom stereocenters. The number of carbonyl (C=O) groups is 1. The molecule has 0 aliphatic carbocycles. The molecule has 0 atom stereocenters. The van der Waals surface area contributed by atoms with Crippen molar-refractivity contribution in [1.29, 1.82) is 5.26 Å². The molecule has 2 nitrogen and oxygen atoms in total. The van der Waals surface area contributed by atoms with Crippen molar-refractivity contribution in [3.63, 3.8) is 0 Å². The predicted molar refractivity (Wildman–Crippen MR) is 55.3 cm³/mol. The van der Waals surface area contributed by atoms with E-state index in [-0.39, 0.29) is 5.78 Å². The van der Waals surface area contributed by atoms with Crippen LogP contribution in [0.1, 0.15) is 40.9 Å². The highest BCUT2D eigenvalue weighted by Gasteiger charge is 2.10. The second kappa shape index (κ2) is 4.06. The highest BCUT2D eigenvalue weighted by atomic mass is 16.1. The highest BCUT2D eigenvalue weighted by molar-refractivity contribution is 5.96. The number of ketones is 1. The number of carbonyl (C=O) groups excluding carboxylic acids is 1. The van der Waals surface area contributed by atoms with E-state index in [2.05, 4.69) is 6.07 Å². The van der Waals surface area contributed by atoms with Crippen molar-refractivity contribution in [2.45, 2.75) is 27.2 Å². The summed E-state index contributed by atoms with van der Waals surface area (Å²) in [5.74, 6) is 0.0643. The van der Waals surface area contributed by atoms with E-state index in [9.17, 15) is 4.79 Å². The number of Topliss-reactive ketones (excluding diaryl/α,β-unsaturated/α-hetero) is 1. The zero-order valence-electron chi connectivity index (χ0n) is 8.72. The van der Waals surface area contributed by atoms with Crippen LogP contribution in [-0.2, 0) is 6.42 Å². The Balaban J connectivity index is 3.45. The van der Waals surface area contributed by atoms with Gasteiger partial charge in [-0.05, 0) is 43.5 Å². The Kier molecular flexibility index (Phi) is 3.03. The minimum atomic E-state index is 0.0643. The van der Waals surface area contributed by atoms with Crippen LogP contribution in [0.25, 0.3) is 0 Å². The summed E-state index contributed by atoms with van der Waals surface area (Å²) in [6.07, 6.45) is 0.788. The number of rotatable bonds is 2. The zero-order chi connectivity index (χ0) is 10.7. The van der Waals surface area contributed by atoms with Crippen LogP contribution in [0, 0.1) is 18.3 Å². The normalized spacial score (nSPS) is 9.57. The third kappa shape index (κ3) is 1.67. The van der Waals surface area contributed by atoms with Gasteiger partial charge in [0.1, 0.15) is 0 Å². The first kappa shape index (κ1) is 10.5. The molecule has 2 heteroatoms. The smallest absolute Gasteiger partial charge is 0.160 e. The minimum absolute atomic E-state index is 0.0643. The van der Waals surface area contributed by atoms with Crippen LogP contribution >= 0.6 is 0 Å². The van der Waals surface area contributed by atoms with E-state index in [1.165, 1.54) is 0 Å². The zero-order valence-corrected chi connectivity index (χ0v) is 8.72. The van der Waals surface area contributed by atoms with E-state index >= 15 is 0 Å². The first-order valence-electron chi connectivity index (χ1n) is 4.65. The van der Waals surface area contributed by atoms with Gasteiger partial charge in [0.15, 0.2) is 5.78 Å². The Hall–Kier alpha value is -1.62. The summed E-state index contributed by atoms with van der Waals surface area (Å²) in [5.41, 5.74) is 3.33. The van der Waals surface area contributed by atoms with Crippen molar-refractivity contribution >= 4 is 5.78 Å². The topological polar surface area (TPSA) is 40.9 Å². The van der Waals surface area contributed by atoms with Gasteiger partial charge in [-0.25, -0.2) is 0 Å². The fourth-order valence-corrected chi connectivity index (χ4v) is 1.66. The van der Waals surface area contributed by atoms with Gasteiger partial charge in [-0.2, -0.15) is 5.26 Å². The first-order chi connectivity index (χ1) is 6.61. The second-order valence-electron chi connectivity index (χ2n) is 3.29. The van der Waals surface area contributed by atoms with Crippen molar-refractivity contribution < 1.29 is 4.79 Å². The van der Waals surface area contributed by atoms with E-state index in [1.54, 1.807) is 19.1 Å². The van der Waals surface area contributed by atoms with E-state index < -0.39 is 0 Å². The van der Waals surface area contributed by atoms with Gasteiger partial charge in [-0.1, -0.05) is 6.92 Å². The molecule has 0 fully saturated rings. The van der Waals surface area contributed by atoms with Gasteiger partial charge in [0.25, 0.3) is 0 Å². The van der Waals surface area contributed by atoms with E-state index in [0.29, 0.717) is 5.56 Å². The van der Waals surface area contributed by atoms with E-state index in [0.717, 1.165) is 23.1 Å². The summed E-state index contributed by atoms with van der Waals surface area (Å²) in [6, 6.07) is 5.58. The van der Waals surface area contributed by atoms with Crippen LogP contribution < -0.4 is 0 Å². The molecule has 1 aromatic rings. The third-order valence-corrected chi connectivity index (χ3v) is 2.45. The molecule has 0 saturated heterocycles. The lowest BCUT2D eigenvalue weighted by atomic mass is 9.94. The van der Waals surface area contributed by atoms with Crippen LogP contribution in [0.5, 0.6) is 0 Å². The molecule has 1 aromatic carbocycles. The maximum atomic E-state index is 11.3. The molecule has 0 radical (unpaired) electrons. The Morgan fingerprint density at radius 1 is 1.50 bits per heavy atom. The minimum Gasteiger partial charge on any atom is -0.295 e. The van der Waals surface area contributed by atoms with Crippen molar-refractivity contribution in [1.82, 2.24) is 0 Å². The van der Waals surface area contributed by atoms with Gasteiger partial charge < -0.3 is 0 Å². The van der Waals surface area contributed by atoms with Crippen molar-refractivity contribution in [2.75, 3.05) is 0 Å². The summed E-state index contributed by atoms with van der Waals surface area (Å²) >= 11 is 0. The van der Waals surface area contributed by atoms with Crippen LogP contribution in [0.3, 0.4) is 0 Å². The highest BCUT2D eigenvalue weighted by Crippen LogP contribution is 2.19. The van der Waals surface area contributed by atoms with Crippen molar-refractivity contribution in [3.05, 3.63) is 34.4 Å². The molecular weight excluding hydrogens is 174 g/mol. The van der Waals surface area contributed by atoms with Gasteiger partial charge in [-0.15, -0.1) is 0 Å². The van der Waals surface area contributed by atoms with Gasteiger partial charge >= 0.3 is 0 Å². The van der Waals surface area contributed by atoms with E-state index in [1.807, 2.05) is 13.8 Å². The lowest BCUT2D eigenvalue weighted by molar-refractivity contribution is 0.101. The number of hydrogen-bond donors (Lipinski definition) is 0. The fraction of sp³-hybridized carbons (Fsp3) is 0.333.